The minimum Gasteiger partial charge on any atom is -0.383 e. The summed E-state index contributed by atoms with van der Waals surface area (Å²) in [6.07, 6.45) is 3.60. The Morgan fingerprint density at radius 1 is 1.00 bits per heavy atom. The molecule has 4 heteroatoms. The predicted molar refractivity (Wildman–Crippen MR) is 81.8 cm³/mol. The molecule has 1 N–H and O–H groups in total. The summed E-state index contributed by atoms with van der Waals surface area (Å²) < 4.78 is 10.5. The van der Waals surface area contributed by atoms with Crippen molar-refractivity contribution in [3.63, 3.8) is 0 Å². The Kier molecular flexibility index (Phi) is 12.7. The third-order valence-corrected chi connectivity index (χ3v) is 3.58. The van der Waals surface area contributed by atoms with Gasteiger partial charge in [0.05, 0.1) is 13.2 Å². The smallest absolute Gasteiger partial charge is 0.0589 e. The molecule has 0 aromatic rings. The van der Waals surface area contributed by atoms with Crippen LogP contribution in [0.3, 0.4) is 0 Å². The first kappa shape index (κ1) is 18.8. The zero-order valence-electron chi connectivity index (χ0n) is 13.6. The summed E-state index contributed by atoms with van der Waals surface area (Å²) in [5.74, 6) is 0. The first-order valence-corrected chi connectivity index (χ1v) is 7.70. The molecular weight excluding hydrogens is 240 g/mol. The fraction of sp³-hybridized carbons (Fsp3) is 1.00. The molecule has 0 aliphatic rings. The lowest BCUT2D eigenvalue weighted by molar-refractivity contribution is 0.0702. The monoisotopic (exact) mass is 274 g/mol. The molecule has 0 radical (unpaired) electrons. The van der Waals surface area contributed by atoms with E-state index in [9.17, 15) is 0 Å². The van der Waals surface area contributed by atoms with Gasteiger partial charge in [-0.3, -0.25) is 4.90 Å². The Labute approximate surface area is 119 Å². The molecule has 0 aromatic carbocycles. The predicted octanol–water partition coefficient (Wildman–Crippen LogP) is 2.14. The van der Waals surface area contributed by atoms with Gasteiger partial charge in [-0.25, -0.2) is 0 Å². The molecule has 2 unspecified atom stereocenters. The Bertz CT molecular complexity index is 177. The van der Waals surface area contributed by atoms with Crippen LogP contribution in [0.15, 0.2) is 0 Å². The fourth-order valence-corrected chi connectivity index (χ4v) is 2.66. The Hall–Kier alpha value is -0.160. The van der Waals surface area contributed by atoms with Crippen LogP contribution < -0.4 is 5.32 Å². The second-order valence-corrected chi connectivity index (χ2v) is 4.95. The van der Waals surface area contributed by atoms with E-state index in [1.807, 2.05) is 0 Å². The molecule has 0 amide bonds. The van der Waals surface area contributed by atoms with Gasteiger partial charge in [-0.1, -0.05) is 27.2 Å². The minimum absolute atomic E-state index is 0.560. The van der Waals surface area contributed by atoms with Gasteiger partial charge in [-0.15, -0.1) is 0 Å². The molecule has 4 nitrogen and oxygen atoms in total. The molecule has 0 saturated heterocycles. The number of likely N-dealkylation sites (N-methyl/N-ethyl adjacent to an activating group) is 1. The van der Waals surface area contributed by atoms with E-state index in [1.165, 1.54) is 12.8 Å². The van der Waals surface area contributed by atoms with Gasteiger partial charge in [0.25, 0.3) is 0 Å². The molecule has 0 aromatic heterocycles. The Balaban J connectivity index is 4.63. The van der Waals surface area contributed by atoms with E-state index in [0.717, 1.165) is 39.3 Å². The summed E-state index contributed by atoms with van der Waals surface area (Å²) in [4.78, 5) is 2.51. The van der Waals surface area contributed by atoms with E-state index in [1.54, 1.807) is 14.2 Å². The maximum Gasteiger partial charge on any atom is 0.0589 e. The molecule has 0 bridgehead atoms. The summed E-state index contributed by atoms with van der Waals surface area (Å²) in [6.45, 7) is 11.3. The van der Waals surface area contributed by atoms with Crippen molar-refractivity contribution in [2.24, 2.45) is 0 Å². The van der Waals surface area contributed by atoms with Gasteiger partial charge < -0.3 is 14.8 Å². The van der Waals surface area contributed by atoms with E-state index < -0.39 is 0 Å². The van der Waals surface area contributed by atoms with Gasteiger partial charge >= 0.3 is 0 Å². The molecule has 0 spiro atoms. The zero-order chi connectivity index (χ0) is 14.5. The quantitative estimate of drug-likeness (QED) is 0.558. The van der Waals surface area contributed by atoms with Gasteiger partial charge in [0.15, 0.2) is 0 Å². The molecule has 0 aliphatic carbocycles. The van der Waals surface area contributed by atoms with Crippen molar-refractivity contribution in [3.8, 4) is 0 Å². The average Bonchev–Trinajstić information content (AvgIpc) is 2.42. The summed E-state index contributed by atoms with van der Waals surface area (Å²) in [5.41, 5.74) is 0. The first-order valence-electron chi connectivity index (χ1n) is 7.70. The van der Waals surface area contributed by atoms with E-state index >= 15 is 0 Å². The third-order valence-electron chi connectivity index (χ3n) is 3.58. The number of nitrogens with zero attached hydrogens (tertiary/aromatic N) is 1. The van der Waals surface area contributed by atoms with Crippen molar-refractivity contribution in [1.82, 2.24) is 10.2 Å². The SMILES string of the molecule is CCCC(NCC)C(CC)N(CCOC)CCOC. The molecule has 0 heterocycles. The number of methoxy groups -OCH3 is 2. The van der Waals surface area contributed by atoms with Crippen LogP contribution in [-0.4, -0.2) is 64.1 Å². The van der Waals surface area contributed by atoms with Gasteiger partial charge in [0, 0.05) is 39.4 Å². The minimum atomic E-state index is 0.560. The van der Waals surface area contributed by atoms with Crippen LogP contribution in [0.4, 0.5) is 0 Å². The van der Waals surface area contributed by atoms with Crippen LogP contribution in [0.5, 0.6) is 0 Å². The molecule has 0 fully saturated rings. The van der Waals surface area contributed by atoms with Crippen molar-refractivity contribution in [1.29, 1.82) is 0 Å². The number of nitrogens with one attached hydrogen (secondary N) is 1. The molecule has 0 aliphatic heterocycles. The fourth-order valence-electron chi connectivity index (χ4n) is 2.66. The highest BCUT2D eigenvalue weighted by Gasteiger charge is 2.24. The van der Waals surface area contributed by atoms with Crippen molar-refractivity contribution < 1.29 is 9.47 Å². The number of hydrogen-bond donors (Lipinski definition) is 1. The molecule has 116 valence electrons. The second-order valence-electron chi connectivity index (χ2n) is 4.95. The van der Waals surface area contributed by atoms with Gasteiger partial charge in [0.1, 0.15) is 0 Å². The molecule has 19 heavy (non-hydrogen) atoms. The van der Waals surface area contributed by atoms with Crippen molar-refractivity contribution in [2.45, 2.75) is 52.1 Å². The van der Waals surface area contributed by atoms with E-state index in [-0.39, 0.29) is 0 Å². The number of rotatable bonds is 13. The topological polar surface area (TPSA) is 33.7 Å². The Morgan fingerprint density at radius 3 is 1.95 bits per heavy atom. The largest absolute Gasteiger partial charge is 0.383 e. The highest BCUT2D eigenvalue weighted by molar-refractivity contribution is 4.83. The molecule has 0 rings (SSSR count). The first-order chi connectivity index (χ1) is 9.24. The van der Waals surface area contributed by atoms with Crippen molar-refractivity contribution in [2.75, 3.05) is 47.1 Å². The normalized spacial score (nSPS) is 14.8. The van der Waals surface area contributed by atoms with Crippen LogP contribution in [0.25, 0.3) is 0 Å². The van der Waals surface area contributed by atoms with Crippen molar-refractivity contribution in [3.05, 3.63) is 0 Å². The van der Waals surface area contributed by atoms with E-state index in [0.29, 0.717) is 12.1 Å². The zero-order valence-corrected chi connectivity index (χ0v) is 13.6. The van der Waals surface area contributed by atoms with Gasteiger partial charge in [-0.2, -0.15) is 0 Å². The highest BCUT2D eigenvalue weighted by Crippen LogP contribution is 2.13. The van der Waals surface area contributed by atoms with Crippen molar-refractivity contribution >= 4 is 0 Å². The summed E-state index contributed by atoms with van der Waals surface area (Å²) in [7, 11) is 3.53. The van der Waals surface area contributed by atoms with Crippen LogP contribution in [0, 0.1) is 0 Å². The molecule has 0 saturated carbocycles. The molecular formula is C15H34N2O2. The maximum absolute atomic E-state index is 5.24. The van der Waals surface area contributed by atoms with Gasteiger partial charge in [-0.05, 0) is 19.4 Å². The summed E-state index contributed by atoms with van der Waals surface area (Å²) >= 11 is 0. The van der Waals surface area contributed by atoms with E-state index in [2.05, 4.69) is 31.0 Å². The molecule has 2 atom stereocenters. The van der Waals surface area contributed by atoms with Gasteiger partial charge in [0.2, 0.25) is 0 Å². The lowest BCUT2D eigenvalue weighted by Gasteiger charge is -2.37. The second kappa shape index (κ2) is 12.9. The average molecular weight is 274 g/mol. The van der Waals surface area contributed by atoms with Crippen LogP contribution in [-0.2, 0) is 9.47 Å². The number of ether oxygens (including phenoxy) is 2. The van der Waals surface area contributed by atoms with E-state index in [4.69, 9.17) is 9.47 Å². The lowest BCUT2D eigenvalue weighted by atomic mass is 9.99. The maximum atomic E-state index is 5.24. The summed E-state index contributed by atoms with van der Waals surface area (Å²) in [5, 5.41) is 3.64. The van der Waals surface area contributed by atoms with Crippen LogP contribution >= 0.6 is 0 Å². The standard InChI is InChI=1S/C15H34N2O2/c1-6-9-14(16-8-3)15(7-2)17(10-12-18-4)11-13-19-5/h14-16H,6-13H2,1-5H3. The number of hydrogen-bond acceptors (Lipinski definition) is 4. The van der Waals surface area contributed by atoms with Crippen LogP contribution in [0.2, 0.25) is 0 Å². The Morgan fingerprint density at radius 2 is 1.58 bits per heavy atom. The highest BCUT2D eigenvalue weighted by atomic mass is 16.5. The third kappa shape index (κ3) is 7.88. The lowest BCUT2D eigenvalue weighted by Crippen LogP contribution is -2.51. The summed E-state index contributed by atoms with van der Waals surface area (Å²) in [6, 6.07) is 1.12. The van der Waals surface area contributed by atoms with Crippen LogP contribution in [0.1, 0.15) is 40.0 Å².